The number of hydrogen-bond donors (Lipinski definition) is 0. The molecule has 1 aliphatic carbocycles. The highest BCUT2D eigenvalue weighted by Gasteiger charge is 2.43. The zero-order chi connectivity index (χ0) is 20.9. The van der Waals surface area contributed by atoms with E-state index in [1.54, 1.807) is 13.8 Å². The molecule has 3 aliphatic rings. The molecule has 0 N–H and O–H groups in total. The Morgan fingerprint density at radius 3 is 2.34 bits per heavy atom. The van der Waals surface area contributed by atoms with Crippen LogP contribution in [0.15, 0.2) is 23.3 Å². The maximum atomic E-state index is 14.8. The summed E-state index contributed by atoms with van der Waals surface area (Å²) in [6.07, 6.45) is 1.66. The number of amides is 2. The predicted molar refractivity (Wildman–Crippen MR) is 104 cm³/mol. The van der Waals surface area contributed by atoms with Gasteiger partial charge in [-0.05, 0) is 51.7 Å². The van der Waals surface area contributed by atoms with Crippen LogP contribution in [0.3, 0.4) is 0 Å². The molecular weight excluding hydrogens is 401 g/mol. The van der Waals surface area contributed by atoms with Crippen molar-refractivity contribution in [2.75, 3.05) is 18.6 Å². The van der Waals surface area contributed by atoms with E-state index in [1.807, 2.05) is 0 Å². The van der Waals surface area contributed by atoms with Gasteiger partial charge in [0.05, 0.1) is 12.3 Å². The van der Waals surface area contributed by atoms with Crippen LogP contribution >= 0.6 is 11.6 Å². The van der Waals surface area contributed by atoms with Crippen molar-refractivity contribution in [3.63, 3.8) is 0 Å². The van der Waals surface area contributed by atoms with Gasteiger partial charge in [-0.25, -0.2) is 9.29 Å². The highest BCUT2D eigenvalue weighted by Crippen LogP contribution is 2.41. The number of benzene rings is 1. The number of hydrogen-bond acceptors (Lipinski definition) is 5. The zero-order valence-corrected chi connectivity index (χ0v) is 17.3. The molecule has 4 rings (SSSR count). The number of carbonyl (C=O) groups is 2. The average Bonchev–Trinajstić information content (AvgIpc) is 3.15. The van der Waals surface area contributed by atoms with Gasteiger partial charge in [0.25, 0.3) is 11.8 Å². The second kappa shape index (κ2) is 7.47. The molecular formula is C21H23ClFNO5. The fourth-order valence-corrected chi connectivity index (χ4v) is 4.50. The first-order chi connectivity index (χ1) is 13.7. The molecule has 0 spiro atoms. The molecule has 2 heterocycles. The van der Waals surface area contributed by atoms with Crippen LogP contribution in [0, 0.1) is 5.82 Å². The Morgan fingerprint density at radius 2 is 1.83 bits per heavy atom. The maximum Gasteiger partial charge on any atom is 0.261 e. The summed E-state index contributed by atoms with van der Waals surface area (Å²) in [7, 11) is 1.49. The minimum absolute atomic E-state index is 0.117. The van der Waals surface area contributed by atoms with E-state index in [0.717, 1.165) is 23.8 Å². The minimum Gasteiger partial charge on any atom is -0.374 e. The predicted octanol–water partition coefficient (Wildman–Crippen LogP) is 4.06. The van der Waals surface area contributed by atoms with Crippen molar-refractivity contribution in [1.82, 2.24) is 0 Å². The standard InChI is InChI=1S/C21H23ClFNO5/c1-21(2)28-10-17(29-21)18(27-3)13-8-16(15(23)9-14(13)22)24-19(25)11-6-4-5-7-12(11)20(24)26/h8-9,17-18H,4-7,10H2,1-3H3. The van der Waals surface area contributed by atoms with Crippen molar-refractivity contribution in [2.24, 2.45) is 0 Å². The molecule has 156 valence electrons. The van der Waals surface area contributed by atoms with Crippen LogP contribution in [0.25, 0.3) is 0 Å². The SMILES string of the molecule is COC(c1cc(N2C(=O)C3=C(CCCC3)C2=O)c(F)cc1Cl)C1COC(C)(C)O1. The van der Waals surface area contributed by atoms with Crippen LogP contribution in [0.2, 0.25) is 5.02 Å². The van der Waals surface area contributed by atoms with Gasteiger partial charge in [-0.1, -0.05) is 11.6 Å². The van der Waals surface area contributed by atoms with Crippen molar-refractivity contribution >= 4 is 29.1 Å². The summed E-state index contributed by atoms with van der Waals surface area (Å²) in [5.74, 6) is -2.42. The number of ether oxygens (including phenoxy) is 3. The van der Waals surface area contributed by atoms with Crippen LogP contribution in [0.1, 0.15) is 51.2 Å². The Bertz CT molecular complexity index is 885. The molecule has 1 aromatic carbocycles. The first-order valence-corrected chi connectivity index (χ1v) is 10.1. The van der Waals surface area contributed by atoms with Gasteiger partial charge in [-0.15, -0.1) is 0 Å². The number of nitrogens with zero attached hydrogens (tertiary/aromatic N) is 1. The second-order valence-corrected chi connectivity index (χ2v) is 8.37. The first-order valence-electron chi connectivity index (χ1n) is 9.68. The number of rotatable bonds is 4. The van der Waals surface area contributed by atoms with Gasteiger partial charge in [0.15, 0.2) is 5.79 Å². The van der Waals surface area contributed by atoms with Crippen LogP contribution in [0.5, 0.6) is 0 Å². The Hall–Kier alpha value is -1.80. The van der Waals surface area contributed by atoms with Crippen molar-refractivity contribution in [1.29, 1.82) is 0 Å². The van der Waals surface area contributed by atoms with E-state index in [0.29, 0.717) is 29.6 Å². The molecule has 0 radical (unpaired) electrons. The van der Waals surface area contributed by atoms with Gasteiger partial charge < -0.3 is 14.2 Å². The molecule has 2 atom stereocenters. The number of anilines is 1. The molecule has 0 bridgehead atoms. The summed E-state index contributed by atoms with van der Waals surface area (Å²) in [5, 5.41) is 0.128. The second-order valence-electron chi connectivity index (χ2n) is 7.96. The van der Waals surface area contributed by atoms with Crippen LogP contribution in [0.4, 0.5) is 10.1 Å². The molecule has 1 fully saturated rings. The summed E-state index contributed by atoms with van der Waals surface area (Å²) < 4.78 is 31.9. The maximum absolute atomic E-state index is 14.8. The third-order valence-corrected chi connectivity index (χ3v) is 5.95. The number of halogens is 2. The Morgan fingerprint density at radius 1 is 1.21 bits per heavy atom. The van der Waals surface area contributed by atoms with E-state index in [1.165, 1.54) is 13.2 Å². The van der Waals surface area contributed by atoms with E-state index in [2.05, 4.69) is 0 Å². The van der Waals surface area contributed by atoms with Gasteiger partial charge in [0, 0.05) is 28.8 Å². The third kappa shape index (κ3) is 3.50. The first kappa shape index (κ1) is 20.5. The summed E-state index contributed by atoms with van der Waals surface area (Å²) in [4.78, 5) is 26.6. The molecule has 8 heteroatoms. The molecule has 0 aromatic heterocycles. The molecule has 29 heavy (non-hydrogen) atoms. The van der Waals surface area contributed by atoms with Crippen LogP contribution < -0.4 is 4.90 Å². The highest BCUT2D eigenvalue weighted by molar-refractivity contribution is 6.34. The fourth-order valence-electron chi connectivity index (χ4n) is 4.25. The monoisotopic (exact) mass is 423 g/mol. The lowest BCUT2D eigenvalue weighted by Crippen LogP contribution is -2.33. The molecule has 2 unspecified atom stereocenters. The average molecular weight is 424 g/mol. The smallest absolute Gasteiger partial charge is 0.261 e. The van der Waals surface area contributed by atoms with Gasteiger partial charge in [-0.2, -0.15) is 0 Å². The lowest BCUT2D eigenvalue weighted by atomic mass is 9.93. The van der Waals surface area contributed by atoms with E-state index in [9.17, 15) is 14.0 Å². The summed E-state index contributed by atoms with van der Waals surface area (Å²) in [6, 6.07) is 2.52. The van der Waals surface area contributed by atoms with Crippen molar-refractivity contribution < 1.29 is 28.2 Å². The van der Waals surface area contributed by atoms with Gasteiger partial charge in [-0.3, -0.25) is 9.59 Å². The summed E-state index contributed by atoms with van der Waals surface area (Å²) in [6.45, 7) is 3.84. The minimum atomic E-state index is -0.777. The number of carbonyl (C=O) groups excluding carboxylic acids is 2. The van der Waals surface area contributed by atoms with E-state index in [4.69, 9.17) is 25.8 Å². The fraction of sp³-hybridized carbons (Fsp3) is 0.524. The Labute approximate surface area is 173 Å². The summed E-state index contributed by atoms with van der Waals surface area (Å²) >= 11 is 6.31. The van der Waals surface area contributed by atoms with E-state index >= 15 is 0 Å². The molecule has 0 saturated carbocycles. The van der Waals surface area contributed by atoms with E-state index in [-0.39, 0.29) is 17.3 Å². The highest BCUT2D eigenvalue weighted by atomic mass is 35.5. The third-order valence-electron chi connectivity index (χ3n) is 5.63. The largest absolute Gasteiger partial charge is 0.374 e. The summed E-state index contributed by atoms with van der Waals surface area (Å²) in [5.41, 5.74) is 1.31. The quantitative estimate of drug-likeness (QED) is 0.683. The van der Waals surface area contributed by atoms with Gasteiger partial charge in [0.2, 0.25) is 0 Å². The molecule has 6 nitrogen and oxygen atoms in total. The van der Waals surface area contributed by atoms with Crippen molar-refractivity contribution in [2.45, 2.75) is 57.5 Å². The molecule has 1 aromatic rings. The molecule has 1 saturated heterocycles. The molecule has 2 aliphatic heterocycles. The topological polar surface area (TPSA) is 65.1 Å². The lowest BCUT2D eigenvalue weighted by molar-refractivity contribution is -0.154. The molecule has 2 amide bonds. The normalized spacial score (nSPS) is 25.0. The Balaban J connectivity index is 1.71. The number of imide groups is 1. The van der Waals surface area contributed by atoms with Crippen molar-refractivity contribution in [3.8, 4) is 0 Å². The van der Waals surface area contributed by atoms with Crippen LogP contribution in [-0.4, -0.2) is 37.4 Å². The van der Waals surface area contributed by atoms with Gasteiger partial charge >= 0.3 is 0 Å². The van der Waals surface area contributed by atoms with Crippen molar-refractivity contribution in [3.05, 3.63) is 39.7 Å². The lowest BCUT2D eigenvalue weighted by Gasteiger charge is -2.26. The van der Waals surface area contributed by atoms with E-state index < -0.39 is 35.6 Å². The van der Waals surface area contributed by atoms with Crippen LogP contribution in [-0.2, 0) is 23.8 Å². The Kier molecular flexibility index (Phi) is 5.27. The van der Waals surface area contributed by atoms with Gasteiger partial charge in [0.1, 0.15) is 18.0 Å². The number of methoxy groups -OCH3 is 1. The zero-order valence-electron chi connectivity index (χ0n) is 16.6.